The third-order valence-corrected chi connectivity index (χ3v) is 5.33. The average Bonchev–Trinajstić information content (AvgIpc) is 3.19. The summed E-state index contributed by atoms with van der Waals surface area (Å²) in [6.45, 7) is 3.86. The molecule has 0 radical (unpaired) electrons. The first-order valence-electron chi connectivity index (χ1n) is 9.58. The molecule has 5 nitrogen and oxygen atoms in total. The zero-order valence-electron chi connectivity index (χ0n) is 16.7. The van der Waals surface area contributed by atoms with Gasteiger partial charge in [-0.05, 0) is 44.2 Å². The van der Waals surface area contributed by atoms with Crippen molar-refractivity contribution in [2.45, 2.75) is 19.4 Å². The molecule has 2 aromatic heterocycles. The molecule has 0 unspecified atom stereocenters. The minimum absolute atomic E-state index is 0.239. The molecular weight excluding hydrogens is 415 g/mol. The Morgan fingerprint density at radius 2 is 1.84 bits per heavy atom. The summed E-state index contributed by atoms with van der Waals surface area (Å²) < 4.78 is 20.7. The fraction of sp³-hybridized carbons (Fsp3) is 0.125. The lowest BCUT2D eigenvalue weighted by molar-refractivity contribution is 0.101. The highest BCUT2D eigenvalue weighted by molar-refractivity contribution is 6.33. The van der Waals surface area contributed by atoms with Crippen LogP contribution >= 0.6 is 11.6 Å². The summed E-state index contributed by atoms with van der Waals surface area (Å²) in [5.74, 6) is 6.73. The van der Waals surface area contributed by atoms with E-state index in [1.165, 1.54) is 12.4 Å². The normalized spacial score (nSPS) is 13.4. The summed E-state index contributed by atoms with van der Waals surface area (Å²) in [4.78, 5) is 15.8. The first-order valence-corrected chi connectivity index (χ1v) is 9.95. The van der Waals surface area contributed by atoms with Gasteiger partial charge in [0.25, 0.3) is 0 Å². The Balaban J connectivity index is 1.60. The Kier molecular flexibility index (Phi) is 4.49. The van der Waals surface area contributed by atoms with Crippen molar-refractivity contribution in [1.82, 2.24) is 19.9 Å². The molecular formula is C24H16ClFN4O. The van der Waals surface area contributed by atoms with Crippen LogP contribution in [0.1, 0.15) is 30.7 Å². The number of nitrogens with one attached hydrogen (secondary N) is 1. The third kappa shape index (κ3) is 3.43. The van der Waals surface area contributed by atoms with Gasteiger partial charge in [-0.2, -0.15) is 0 Å². The van der Waals surface area contributed by atoms with Gasteiger partial charge in [0.15, 0.2) is 0 Å². The van der Waals surface area contributed by atoms with E-state index in [0.717, 1.165) is 22.4 Å². The predicted molar refractivity (Wildman–Crippen MR) is 116 cm³/mol. The van der Waals surface area contributed by atoms with Gasteiger partial charge in [0.2, 0.25) is 0 Å². The van der Waals surface area contributed by atoms with Crippen LogP contribution in [-0.4, -0.2) is 19.9 Å². The van der Waals surface area contributed by atoms with E-state index < -0.39 is 11.4 Å². The fourth-order valence-electron chi connectivity index (χ4n) is 3.56. The number of hydrogen-bond donors (Lipinski definition) is 1. The number of aromatic amines is 1. The lowest BCUT2D eigenvalue weighted by Crippen LogP contribution is -2.29. The topological polar surface area (TPSA) is 63.7 Å². The molecule has 0 saturated carbocycles. The zero-order chi connectivity index (χ0) is 21.6. The number of fused-ring (bicyclic) bond motifs is 3. The molecule has 0 spiro atoms. The van der Waals surface area contributed by atoms with Crippen molar-refractivity contribution < 1.29 is 9.13 Å². The van der Waals surface area contributed by atoms with Crippen LogP contribution in [0.3, 0.4) is 0 Å². The Bertz CT molecular complexity index is 1350. The van der Waals surface area contributed by atoms with Crippen molar-refractivity contribution >= 4 is 11.6 Å². The molecule has 4 aromatic rings. The van der Waals surface area contributed by atoms with Crippen molar-refractivity contribution in [3.05, 3.63) is 82.8 Å². The van der Waals surface area contributed by atoms with Crippen LogP contribution in [0, 0.1) is 17.7 Å². The second-order valence-corrected chi connectivity index (χ2v) is 8.01. The predicted octanol–water partition coefficient (Wildman–Crippen LogP) is 5.35. The van der Waals surface area contributed by atoms with Gasteiger partial charge in [0.05, 0.1) is 27.5 Å². The van der Waals surface area contributed by atoms with E-state index in [9.17, 15) is 4.39 Å². The molecule has 0 aliphatic carbocycles. The number of aromatic nitrogens is 4. The summed E-state index contributed by atoms with van der Waals surface area (Å²) in [6.07, 6.45) is 4.77. The van der Waals surface area contributed by atoms with Gasteiger partial charge >= 0.3 is 0 Å². The van der Waals surface area contributed by atoms with E-state index in [1.54, 1.807) is 24.5 Å². The molecule has 152 valence electrons. The first-order chi connectivity index (χ1) is 14.9. The molecule has 31 heavy (non-hydrogen) atoms. The maximum absolute atomic E-state index is 14.5. The van der Waals surface area contributed by atoms with E-state index in [2.05, 4.69) is 26.8 Å². The van der Waals surface area contributed by atoms with Crippen LogP contribution < -0.4 is 4.74 Å². The molecule has 1 aliphatic rings. The molecule has 0 saturated heterocycles. The number of ether oxygens (including phenoxy) is 1. The van der Waals surface area contributed by atoms with E-state index in [0.29, 0.717) is 22.3 Å². The number of halogens is 2. The number of rotatable bonds is 1. The SMILES string of the molecule is CC1(C)Oc2cc(C#Cc3cncnc3)ccc2-c2nc(-c3c(F)cccc3Cl)[nH]c21. The Hall–Kier alpha value is -3.69. The molecule has 3 heterocycles. The summed E-state index contributed by atoms with van der Waals surface area (Å²) in [6, 6.07) is 10.2. The van der Waals surface area contributed by atoms with Gasteiger partial charge in [0, 0.05) is 23.5 Å². The Morgan fingerprint density at radius 1 is 1.06 bits per heavy atom. The van der Waals surface area contributed by atoms with E-state index in [-0.39, 0.29) is 5.56 Å². The van der Waals surface area contributed by atoms with Crippen LogP contribution in [-0.2, 0) is 5.60 Å². The highest BCUT2D eigenvalue weighted by Crippen LogP contribution is 2.45. The standard InChI is InChI=1S/C24H16ClFN4O/c1-24(2)22-21(29-23(30-22)20-17(25)4-3-5-18(20)26)16-9-8-14(10-19(16)31-24)6-7-15-11-27-13-28-12-15/h3-5,8-13H,1-2H3,(H,29,30). The van der Waals surface area contributed by atoms with Gasteiger partial charge in [0.1, 0.15) is 29.3 Å². The van der Waals surface area contributed by atoms with Crippen LogP contribution in [0.25, 0.3) is 22.6 Å². The van der Waals surface area contributed by atoms with E-state index in [1.807, 2.05) is 32.0 Å². The van der Waals surface area contributed by atoms with Crippen LogP contribution in [0.2, 0.25) is 5.02 Å². The molecule has 2 aromatic carbocycles. The second kappa shape index (κ2) is 7.22. The highest BCUT2D eigenvalue weighted by Gasteiger charge is 2.36. The van der Waals surface area contributed by atoms with Crippen LogP contribution in [0.4, 0.5) is 4.39 Å². The summed E-state index contributed by atoms with van der Waals surface area (Å²) in [5, 5.41) is 0.292. The van der Waals surface area contributed by atoms with Crippen molar-refractivity contribution in [2.75, 3.05) is 0 Å². The van der Waals surface area contributed by atoms with Gasteiger partial charge in [-0.25, -0.2) is 19.3 Å². The summed E-state index contributed by atoms with van der Waals surface area (Å²) in [7, 11) is 0. The number of nitrogens with zero attached hydrogens (tertiary/aromatic N) is 3. The zero-order valence-corrected chi connectivity index (χ0v) is 17.5. The molecule has 5 rings (SSSR count). The van der Waals surface area contributed by atoms with E-state index in [4.69, 9.17) is 21.3 Å². The first kappa shape index (κ1) is 19.3. The minimum atomic E-state index is -0.704. The molecule has 7 heteroatoms. The maximum Gasteiger partial charge on any atom is 0.145 e. The van der Waals surface area contributed by atoms with Crippen LogP contribution in [0.5, 0.6) is 5.75 Å². The third-order valence-electron chi connectivity index (χ3n) is 5.02. The van der Waals surface area contributed by atoms with Crippen molar-refractivity contribution in [2.24, 2.45) is 0 Å². The molecule has 0 fully saturated rings. The maximum atomic E-state index is 14.5. The monoisotopic (exact) mass is 430 g/mol. The Labute approximate surface area is 183 Å². The van der Waals surface area contributed by atoms with Gasteiger partial charge in [-0.15, -0.1) is 0 Å². The molecule has 0 atom stereocenters. The fourth-order valence-corrected chi connectivity index (χ4v) is 3.81. The van der Waals surface area contributed by atoms with Crippen LogP contribution in [0.15, 0.2) is 55.1 Å². The highest BCUT2D eigenvalue weighted by atomic mass is 35.5. The molecule has 0 bridgehead atoms. The number of H-pyrrole nitrogens is 1. The number of hydrogen-bond acceptors (Lipinski definition) is 4. The molecule has 1 aliphatic heterocycles. The molecule has 0 amide bonds. The van der Waals surface area contributed by atoms with Gasteiger partial charge in [-0.3, -0.25) is 0 Å². The van der Waals surface area contributed by atoms with Crippen molar-refractivity contribution in [3.63, 3.8) is 0 Å². The minimum Gasteiger partial charge on any atom is -0.481 e. The molecule has 1 N–H and O–H groups in total. The quantitative estimate of drug-likeness (QED) is 0.413. The average molecular weight is 431 g/mol. The lowest BCUT2D eigenvalue weighted by atomic mass is 9.94. The van der Waals surface area contributed by atoms with E-state index >= 15 is 0 Å². The second-order valence-electron chi connectivity index (χ2n) is 7.61. The van der Waals surface area contributed by atoms with Gasteiger partial charge in [-0.1, -0.05) is 29.5 Å². The number of benzene rings is 2. The van der Waals surface area contributed by atoms with Crippen molar-refractivity contribution in [1.29, 1.82) is 0 Å². The summed E-state index contributed by atoms with van der Waals surface area (Å²) >= 11 is 6.25. The van der Waals surface area contributed by atoms with Crippen molar-refractivity contribution in [3.8, 4) is 40.2 Å². The Morgan fingerprint density at radius 3 is 2.61 bits per heavy atom. The smallest absolute Gasteiger partial charge is 0.145 e. The lowest BCUT2D eigenvalue weighted by Gasteiger charge is -2.31. The van der Waals surface area contributed by atoms with Gasteiger partial charge < -0.3 is 9.72 Å². The summed E-state index contributed by atoms with van der Waals surface area (Å²) in [5.41, 5.74) is 3.31. The largest absolute Gasteiger partial charge is 0.481 e. The number of imidazole rings is 1.